The van der Waals surface area contributed by atoms with Gasteiger partial charge in [-0.2, -0.15) is 0 Å². The molecule has 0 bridgehead atoms. The van der Waals surface area contributed by atoms with Gasteiger partial charge in [-0.15, -0.1) is 0 Å². The van der Waals surface area contributed by atoms with E-state index in [0.717, 1.165) is 5.39 Å². The van der Waals surface area contributed by atoms with E-state index in [-0.39, 0.29) is 11.5 Å². The molecule has 0 saturated carbocycles. The van der Waals surface area contributed by atoms with Crippen LogP contribution in [0.15, 0.2) is 52.9 Å². The molecule has 0 aliphatic rings. The molecule has 0 fully saturated rings. The maximum atomic E-state index is 12.7. The minimum absolute atomic E-state index is 0.00941. The third-order valence-corrected chi connectivity index (χ3v) is 3.37. The molecule has 1 heterocycles. The number of aromatic hydroxyl groups is 1. The van der Waals surface area contributed by atoms with E-state index in [0.29, 0.717) is 28.9 Å². The lowest BCUT2D eigenvalue weighted by molar-refractivity contribution is 0.103. The quantitative estimate of drug-likeness (QED) is 0.731. The fraction of sp³-hybridized carbons (Fsp3) is 0.118. The highest BCUT2D eigenvalue weighted by molar-refractivity contribution is 6.17. The summed E-state index contributed by atoms with van der Waals surface area (Å²) in [7, 11) is 0. The van der Waals surface area contributed by atoms with Crippen LogP contribution in [-0.4, -0.2) is 10.9 Å². The molecule has 0 unspecified atom stereocenters. The largest absolute Gasteiger partial charge is 0.507 e. The van der Waals surface area contributed by atoms with E-state index in [1.807, 2.05) is 31.2 Å². The summed E-state index contributed by atoms with van der Waals surface area (Å²) in [4.78, 5) is 12.7. The van der Waals surface area contributed by atoms with Crippen molar-refractivity contribution >= 4 is 16.8 Å². The topological polar surface area (TPSA) is 50.4 Å². The predicted octanol–water partition coefficient (Wildman–Crippen LogP) is 3.93. The maximum Gasteiger partial charge on any atom is 0.200 e. The molecule has 1 N–H and O–H groups in total. The van der Waals surface area contributed by atoms with E-state index in [4.69, 9.17) is 4.42 Å². The molecule has 3 heteroatoms. The van der Waals surface area contributed by atoms with Gasteiger partial charge in [0.1, 0.15) is 17.1 Å². The van der Waals surface area contributed by atoms with Crippen molar-refractivity contribution in [1.29, 1.82) is 0 Å². The van der Waals surface area contributed by atoms with Gasteiger partial charge in [0.25, 0.3) is 0 Å². The molecule has 0 atom stereocenters. The lowest BCUT2D eigenvalue weighted by Crippen LogP contribution is -2.03. The Balaban J connectivity index is 2.24. The molecule has 3 rings (SSSR count). The summed E-state index contributed by atoms with van der Waals surface area (Å²) >= 11 is 0. The third kappa shape index (κ3) is 1.88. The summed E-state index contributed by atoms with van der Waals surface area (Å²) in [5, 5.41) is 10.7. The van der Waals surface area contributed by atoms with Crippen LogP contribution in [0.3, 0.4) is 0 Å². The highest BCUT2D eigenvalue weighted by Crippen LogP contribution is 2.30. The molecule has 1 aromatic heterocycles. The lowest BCUT2D eigenvalue weighted by Gasteiger charge is -2.03. The standard InChI is InChI=1S/C17H14O3/c1-2-14-16(12-8-4-6-10-15(12)20-14)17(19)11-7-3-5-9-13(11)18/h3-10,18H,2H2,1H3. The normalized spacial score (nSPS) is 10.8. The number of phenolic OH excluding ortho intramolecular Hbond substituents is 1. The van der Waals surface area contributed by atoms with Crippen LogP contribution in [0, 0.1) is 0 Å². The Hall–Kier alpha value is -2.55. The zero-order valence-corrected chi connectivity index (χ0v) is 11.1. The van der Waals surface area contributed by atoms with Crippen LogP contribution < -0.4 is 0 Å². The Bertz CT molecular complexity index is 784. The fourth-order valence-electron chi connectivity index (χ4n) is 2.39. The van der Waals surface area contributed by atoms with Gasteiger partial charge < -0.3 is 9.52 Å². The van der Waals surface area contributed by atoms with Crippen molar-refractivity contribution in [3.63, 3.8) is 0 Å². The van der Waals surface area contributed by atoms with Crippen LogP contribution >= 0.6 is 0 Å². The van der Waals surface area contributed by atoms with E-state index in [1.54, 1.807) is 18.2 Å². The van der Waals surface area contributed by atoms with E-state index < -0.39 is 0 Å². The number of hydrogen-bond acceptors (Lipinski definition) is 3. The van der Waals surface area contributed by atoms with Crippen molar-refractivity contribution in [2.24, 2.45) is 0 Å². The molecular weight excluding hydrogens is 252 g/mol. The monoisotopic (exact) mass is 266 g/mol. The molecule has 3 nitrogen and oxygen atoms in total. The fourth-order valence-corrected chi connectivity index (χ4v) is 2.39. The number of hydrogen-bond donors (Lipinski definition) is 1. The number of para-hydroxylation sites is 2. The van der Waals surface area contributed by atoms with Crippen LogP contribution in [0.5, 0.6) is 5.75 Å². The summed E-state index contributed by atoms with van der Waals surface area (Å²) in [6.45, 7) is 1.94. The molecule has 0 aliphatic heterocycles. The molecule has 2 aromatic carbocycles. The number of ketones is 1. The number of rotatable bonds is 3. The molecule has 0 saturated heterocycles. The highest BCUT2D eigenvalue weighted by Gasteiger charge is 2.22. The van der Waals surface area contributed by atoms with Crippen LogP contribution in [-0.2, 0) is 6.42 Å². The minimum atomic E-state index is -0.204. The van der Waals surface area contributed by atoms with Crippen molar-refractivity contribution in [2.45, 2.75) is 13.3 Å². The Kier molecular flexibility index (Phi) is 3.03. The molecule has 20 heavy (non-hydrogen) atoms. The van der Waals surface area contributed by atoms with Crippen molar-refractivity contribution in [3.8, 4) is 5.75 Å². The average Bonchev–Trinajstić information content (AvgIpc) is 2.85. The molecule has 0 spiro atoms. The lowest BCUT2D eigenvalue weighted by atomic mass is 9.99. The van der Waals surface area contributed by atoms with Crippen LogP contribution in [0.25, 0.3) is 11.0 Å². The number of fused-ring (bicyclic) bond motifs is 1. The van der Waals surface area contributed by atoms with Gasteiger partial charge in [-0.1, -0.05) is 37.3 Å². The smallest absolute Gasteiger partial charge is 0.200 e. The first-order valence-corrected chi connectivity index (χ1v) is 6.55. The number of carbonyl (C=O) groups excluding carboxylic acids is 1. The van der Waals surface area contributed by atoms with Gasteiger partial charge >= 0.3 is 0 Å². The predicted molar refractivity (Wildman–Crippen MR) is 77.1 cm³/mol. The third-order valence-electron chi connectivity index (χ3n) is 3.37. The average molecular weight is 266 g/mol. The summed E-state index contributed by atoms with van der Waals surface area (Å²) in [6, 6.07) is 14.0. The number of furan rings is 1. The zero-order chi connectivity index (χ0) is 14.1. The second-order valence-corrected chi connectivity index (χ2v) is 4.60. The van der Waals surface area contributed by atoms with E-state index in [2.05, 4.69) is 0 Å². The second-order valence-electron chi connectivity index (χ2n) is 4.60. The molecule has 100 valence electrons. The van der Waals surface area contributed by atoms with Gasteiger partial charge in [-0.3, -0.25) is 4.79 Å². The molecule has 0 radical (unpaired) electrons. The van der Waals surface area contributed by atoms with Gasteiger partial charge in [-0.25, -0.2) is 0 Å². The minimum Gasteiger partial charge on any atom is -0.507 e. The first-order valence-electron chi connectivity index (χ1n) is 6.55. The van der Waals surface area contributed by atoms with E-state index in [1.165, 1.54) is 6.07 Å². The van der Waals surface area contributed by atoms with Crippen molar-refractivity contribution in [3.05, 3.63) is 65.4 Å². The Labute approximate surface area is 116 Å². The summed E-state index contributed by atoms with van der Waals surface area (Å²) in [5.41, 5.74) is 1.54. The second kappa shape index (κ2) is 4.85. The maximum absolute atomic E-state index is 12.7. The summed E-state index contributed by atoms with van der Waals surface area (Å²) in [5.74, 6) is 0.439. The van der Waals surface area contributed by atoms with Gasteiger partial charge in [0.2, 0.25) is 5.78 Å². The van der Waals surface area contributed by atoms with Crippen molar-refractivity contribution in [1.82, 2.24) is 0 Å². The first-order chi connectivity index (χ1) is 9.72. The van der Waals surface area contributed by atoms with Crippen molar-refractivity contribution in [2.75, 3.05) is 0 Å². The SMILES string of the molecule is CCc1oc2ccccc2c1C(=O)c1ccccc1O. The molecule has 0 amide bonds. The van der Waals surface area contributed by atoms with Crippen LogP contribution in [0.4, 0.5) is 0 Å². The van der Waals surface area contributed by atoms with Gasteiger partial charge in [0.05, 0.1) is 11.1 Å². The Morgan fingerprint density at radius 1 is 1.10 bits per heavy atom. The Morgan fingerprint density at radius 2 is 1.80 bits per heavy atom. The van der Waals surface area contributed by atoms with Gasteiger partial charge in [0, 0.05) is 11.8 Å². The van der Waals surface area contributed by atoms with Crippen LogP contribution in [0.2, 0.25) is 0 Å². The number of phenols is 1. The van der Waals surface area contributed by atoms with Gasteiger partial charge in [0.15, 0.2) is 0 Å². The summed E-state index contributed by atoms with van der Waals surface area (Å²) < 4.78 is 5.73. The first kappa shape index (κ1) is 12.5. The molecule has 3 aromatic rings. The van der Waals surface area contributed by atoms with Crippen molar-refractivity contribution < 1.29 is 14.3 Å². The van der Waals surface area contributed by atoms with E-state index >= 15 is 0 Å². The number of aryl methyl sites for hydroxylation is 1. The van der Waals surface area contributed by atoms with Crippen LogP contribution in [0.1, 0.15) is 28.6 Å². The number of carbonyl (C=O) groups is 1. The highest BCUT2D eigenvalue weighted by atomic mass is 16.3. The Morgan fingerprint density at radius 3 is 2.55 bits per heavy atom. The molecule has 0 aliphatic carbocycles. The van der Waals surface area contributed by atoms with Gasteiger partial charge in [-0.05, 0) is 18.2 Å². The number of benzene rings is 2. The zero-order valence-electron chi connectivity index (χ0n) is 11.1. The van der Waals surface area contributed by atoms with E-state index in [9.17, 15) is 9.90 Å². The summed E-state index contributed by atoms with van der Waals surface area (Å²) in [6.07, 6.45) is 0.628. The molecular formula is C17H14O3.